The lowest BCUT2D eigenvalue weighted by Crippen LogP contribution is -2.39. The highest BCUT2D eigenvalue weighted by Crippen LogP contribution is 2.24. The van der Waals surface area contributed by atoms with Crippen LogP contribution < -0.4 is 0 Å². The second-order valence-corrected chi connectivity index (χ2v) is 7.58. The maximum atomic E-state index is 13.9. The second kappa shape index (κ2) is 7.38. The van der Waals surface area contributed by atoms with Gasteiger partial charge < -0.3 is 9.32 Å². The Hall–Kier alpha value is -2.28. The number of oxazole rings is 1. The summed E-state index contributed by atoms with van der Waals surface area (Å²) in [5.74, 6) is 0.114. The highest BCUT2D eigenvalue weighted by Gasteiger charge is 2.29. The number of benzene rings is 1. The summed E-state index contributed by atoms with van der Waals surface area (Å²) in [5, 5.41) is 0. The van der Waals surface area contributed by atoms with E-state index in [2.05, 4.69) is 11.9 Å². The minimum atomic E-state index is -0.580. The molecule has 2 aliphatic heterocycles. The molecule has 1 fully saturated rings. The lowest BCUT2D eigenvalue weighted by Gasteiger charge is -2.29. The molecule has 0 saturated carbocycles. The minimum Gasteiger partial charge on any atom is -0.437 e. The van der Waals surface area contributed by atoms with Gasteiger partial charge in [0.05, 0.1) is 5.69 Å². The third kappa shape index (κ3) is 3.88. The summed E-state index contributed by atoms with van der Waals surface area (Å²) in [7, 11) is 0. The molecular weight excluding hydrogens is 352 g/mol. The van der Waals surface area contributed by atoms with Gasteiger partial charge in [-0.25, -0.2) is 13.8 Å². The highest BCUT2D eigenvalue weighted by atomic mass is 19.1. The van der Waals surface area contributed by atoms with Gasteiger partial charge in [0.25, 0.3) is 5.89 Å². The molecule has 3 heterocycles. The van der Waals surface area contributed by atoms with E-state index >= 15 is 0 Å². The average molecular weight is 375 g/mol. The molecule has 0 aliphatic carbocycles. The van der Waals surface area contributed by atoms with Gasteiger partial charge in [-0.05, 0) is 24.8 Å². The van der Waals surface area contributed by atoms with Gasteiger partial charge in [0.15, 0.2) is 0 Å². The van der Waals surface area contributed by atoms with Crippen molar-refractivity contribution in [2.24, 2.45) is 5.92 Å². The zero-order valence-corrected chi connectivity index (χ0v) is 15.4. The first-order valence-electron chi connectivity index (χ1n) is 9.43. The van der Waals surface area contributed by atoms with Crippen LogP contribution in [0, 0.1) is 17.6 Å². The van der Waals surface area contributed by atoms with Crippen molar-refractivity contribution in [2.75, 3.05) is 19.6 Å². The number of carbonyl (C=O) groups excluding carboxylic acids is 1. The van der Waals surface area contributed by atoms with Crippen LogP contribution in [0.3, 0.4) is 0 Å². The normalized spacial score (nSPS) is 20.6. The largest absolute Gasteiger partial charge is 0.437 e. The molecule has 4 rings (SSSR count). The quantitative estimate of drug-likeness (QED) is 0.825. The molecule has 5 nitrogen and oxygen atoms in total. The van der Waals surface area contributed by atoms with E-state index in [9.17, 15) is 13.6 Å². The number of aromatic nitrogens is 1. The summed E-state index contributed by atoms with van der Waals surface area (Å²) >= 11 is 0. The molecular formula is C20H23F2N3O2. The first-order chi connectivity index (χ1) is 13.0. The molecule has 2 aromatic rings. The summed E-state index contributed by atoms with van der Waals surface area (Å²) in [6, 6.07) is 3.63. The minimum absolute atomic E-state index is 0.146. The van der Waals surface area contributed by atoms with E-state index in [1.54, 1.807) is 0 Å². The SMILES string of the molecule is C[C@@H]1CCCN(C(=O)c2nc3c(o2)CCN(Cc2ccc(F)cc2F)C3)C1. The van der Waals surface area contributed by atoms with Crippen molar-refractivity contribution < 1.29 is 18.0 Å². The Morgan fingerprint density at radius 2 is 2.19 bits per heavy atom. The zero-order valence-electron chi connectivity index (χ0n) is 15.4. The van der Waals surface area contributed by atoms with Crippen LogP contribution in [-0.2, 0) is 19.5 Å². The number of nitrogens with zero attached hydrogens (tertiary/aromatic N) is 3. The lowest BCUT2D eigenvalue weighted by atomic mass is 10.0. The molecule has 0 bridgehead atoms. The Bertz CT molecular complexity index is 852. The lowest BCUT2D eigenvalue weighted by molar-refractivity contribution is 0.0640. The summed E-state index contributed by atoms with van der Waals surface area (Å²) in [4.78, 5) is 21.0. The first-order valence-corrected chi connectivity index (χ1v) is 9.43. The molecule has 0 spiro atoms. The third-order valence-corrected chi connectivity index (χ3v) is 5.34. The molecule has 144 valence electrons. The van der Waals surface area contributed by atoms with Crippen LogP contribution in [0.4, 0.5) is 8.78 Å². The maximum absolute atomic E-state index is 13.9. The molecule has 0 unspecified atom stereocenters. The average Bonchev–Trinajstić information content (AvgIpc) is 3.07. The van der Waals surface area contributed by atoms with E-state index in [0.717, 1.165) is 43.5 Å². The standard InChI is InChI=1S/C20H23F2N3O2/c1-13-3-2-7-25(10-13)20(26)19-23-17-12-24(8-6-18(17)27-19)11-14-4-5-15(21)9-16(14)22/h4-5,9,13H,2-3,6-8,10-12H2,1H3/t13-/m1/s1. The summed E-state index contributed by atoms with van der Waals surface area (Å²) in [5.41, 5.74) is 1.18. The van der Waals surface area contributed by atoms with E-state index in [1.165, 1.54) is 12.1 Å². The number of hydrogen-bond donors (Lipinski definition) is 0. The maximum Gasteiger partial charge on any atom is 0.309 e. The van der Waals surface area contributed by atoms with Crippen LogP contribution in [0.25, 0.3) is 0 Å². The van der Waals surface area contributed by atoms with E-state index in [0.29, 0.717) is 37.5 Å². The molecule has 7 heteroatoms. The molecule has 0 radical (unpaired) electrons. The Morgan fingerprint density at radius 3 is 2.96 bits per heavy atom. The molecule has 1 amide bonds. The number of hydrogen-bond acceptors (Lipinski definition) is 4. The van der Waals surface area contributed by atoms with Crippen LogP contribution in [0.2, 0.25) is 0 Å². The van der Waals surface area contributed by atoms with E-state index in [-0.39, 0.29) is 11.8 Å². The van der Waals surface area contributed by atoms with E-state index < -0.39 is 11.6 Å². The fourth-order valence-corrected chi connectivity index (χ4v) is 3.88. The molecule has 1 aromatic heterocycles. The summed E-state index contributed by atoms with van der Waals surface area (Å²) < 4.78 is 32.7. The first kappa shape index (κ1) is 18.1. The van der Waals surface area contributed by atoms with Gasteiger partial charge in [0.2, 0.25) is 0 Å². The smallest absolute Gasteiger partial charge is 0.309 e. The Labute approximate surface area is 157 Å². The zero-order chi connectivity index (χ0) is 19.0. The van der Waals surface area contributed by atoms with E-state index in [1.807, 2.05) is 9.80 Å². The predicted molar refractivity (Wildman–Crippen MR) is 95.0 cm³/mol. The second-order valence-electron chi connectivity index (χ2n) is 7.58. The van der Waals surface area contributed by atoms with Crippen LogP contribution in [0.1, 0.15) is 47.5 Å². The van der Waals surface area contributed by atoms with Crippen molar-refractivity contribution in [3.8, 4) is 0 Å². The Morgan fingerprint density at radius 1 is 1.33 bits per heavy atom. The number of fused-ring (bicyclic) bond motifs is 1. The molecule has 1 saturated heterocycles. The molecule has 2 aliphatic rings. The fraction of sp³-hybridized carbons (Fsp3) is 0.500. The van der Waals surface area contributed by atoms with Crippen molar-refractivity contribution in [2.45, 2.75) is 39.3 Å². The number of rotatable bonds is 3. The highest BCUT2D eigenvalue weighted by molar-refractivity contribution is 5.89. The van der Waals surface area contributed by atoms with Crippen LogP contribution >= 0.6 is 0 Å². The number of piperidine rings is 1. The van der Waals surface area contributed by atoms with Crippen molar-refractivity contribution in [3.05, 3.63) is 52.7 Å². The predicted octanol–water partition coefficient (Wildman–Crippen LogP) is 3.38. The molecule has 0 N–H and O–H groups in total. The Balaban J connectivity index is 1.45. The topological polar surface area (TPSA) is 49.6 Å². The summed E-state index contributed by atoms with van der Waals surface area (Å²) in [6.45, 7) is 5.15. The Kier molecular flexibility index (Phi) is 4.95. The van der Waals surface area contributed by atoms with Gasteiger partial charge in [0, 0.05) is 50.8 Å². The van der Waals surface area contributed by atoms with Gasteiger partial charge in [-0.15, -0.1) is 0 Å². The van der Waals surface area contributed by atoms with Gasteiger partial charge in [0.1, 0.15) is 17.4 Å². The van der Waals surface area contributed by atoms with Crippen molar-refractivity contribution in [3.63, 3.8) is 0 Å². The number of halogens is 2. The van der Waals surface area contributed by atoms with Crippen molar-refractivity contribution in [1.29, 1.82) is 0 Å². The van der Waals surface area contributed by atoms with Crippen LogP contribution in [0.15, 0.2) is 22.6 Å². The fourth-order valence-electron chi connectivity index (χ4n) is 3.88. The summed E-state index contributed by atoms with van der Waals surface area (Å²) in [6.07, 6.45) is 2.76. The molecule has 1 aromatic carbocycles. The van der Waals surface area contributed by atoms with Crippen LogP contribution in [0.5, 0.6) is 0 Å². The number of amides is 1. The van der Waals surface area contributed by atoms with Gasteiger partial charge >= 0.3 is 5.91 Å². The third-order valence-electron chi connectivity index (χ3n) is 5.34. The van der Waals surface area contributed by atoms with Crippen LogP contribution in [-0.4, -0.2) is 40.3 Å². The van der Waals surface area contributed by atoms with Crippen molar-refractivity contribution in [1.82, 2.24) is 14.8 Å². The molecule has 1 atom stereocenters. The van der Waals surface area contributed by atoms with Gasteiger partial charge in [-0.1, -0.05) is 13.0 Å². The van der Waals surface area contributed by atoms with Crippen molar-refractivity contribution >= 4 is 5.91 Å². The number of likely N-dealkylation sites (tertiary alicyclic amines) is 1. The monoisotopic (exact) mass is 375 g/mol. The van der Waals surface area contributed by atoms with Gasteiger partial charge in [-0.3, -0.25) is 9.69 Å². The van der Waals surface area contributed by atoms with E-state index in [4.69, 9.17) is 4.42 Å². The number of carbonyl (C=O) groups is 1. The molecule has 27 heavy (non-hydrogen) atoms. The van der Waals surface area contributed by atoms with Gasteiger partial charge in [-0.2, -0.15) is 0 Å².